The molecule has 2 heterocycles. The number of thioether (sulfide) groups is 1. The van der Waals surface area contributed by atoms with Crippen LogP contribution in [0.1, 0.15) is 10.6 Å². The fraction of sp³-hybridized carbons (Fsp3) is 0.294. The predicted octanol–water partition coefficient (Wildman–Crippen LogP) is 2.82. The number of ether oxygens (including phenoxy) is 1. The Morgan fingerprint density at radius 2 is 2.08 bits per heavy atom. The zero-order valence-electron chi connectivity index (χ0n) is 13.0. The first-order chi connectivity index (χ1) is 11.6. The van der Waals surface area contributed by atoms with Gasteiger partial charge in [-0.05, 0) is 24.3 Å². The number of furan rings is 1. The summed E-state index contributed by atoms with van der Waals surface area (Å²) >= 11 is 1.47. The van der Waals surface area contributed by atoms with Crippen LogP contribution in [0.25, 0.3) is 11.3 Å². The van der Waals surface area contributed by atoms with E-state index in [4.69, 9.17) is 9.15 Å². The van der Waals surface area contributed by atoms with Gasteiger partial charge in [-0.15, -0.1) is 11.8 Å². The van der Waals surface area contributed by atoms with E-state index in [2.05, 4.69) is 0 Å². The van der Waals surface area contributed by atoms with Gasteiger partial charge in [-0.1, -0.05) is 12.1 Å². The highest BCUT2D eigenvalue weighted by Crippen LogP contribution is 2.27. The van der Waals surface area contributed by atoms with E-state index in [0.29, 0.717) is 23.6 Å². The first-order valence-electron chi connectivity index (χ1n) is 7.43. The quantitative estimate of drug-likeness (QED) is 0.798. The van der Waals surface area contributed by atoms with Gasteiger partial charge in [0, 0.05) is 18.8 Å². The number of halogens is 1. The molecule has 1 aromatic carbocycles. The third kappa shape index (κ3) is 3.31. The number of hydrogen-bond donors (Lipinski definition) is 0. The van der Waals surface area contributed by atoms with E-state index in [1.165, 1.54) is 31.0 Å². The van der Waals surface area contributed by atoms with Crippen molar-refractivity contribution in [3.8, 4) is 11.3 Å². The minimum atomic E-state index is -0.411. The Bertz CT molecular complexity index is 761. The van der Waals surface area contributed by atoms with E-state index in [0.717, 1.165) is 0 Å². The summed E-state index contributed by atoms with van der Waals surface area (Å²) in [6.07, 6.45) is 0. The number of esters is 1. The second kappa shape index (κ2) is 7.09. The SMILES string of the molecule is COC(=O)[C@@H]1CN(C(=O)c2ccc(-c3ccccc3F)o2)CCS1. The predicted molar refractivity (Wildman–Crippen MR) is 88.3 cm³/mol. The Balaban J connectivity index is 1.76. The van der Waals surface area contributed by atoms with Crippen molar-refractivity contribution in [2.45, 2.75) is 5.25 Å². The van der Waals surface area contributed by atoms with Gasteiger partial charge < -0.3 is 14.1 Å². The van der Waals surface area contributed by atoms with Crippen molar-refractivity contribution in [1.82, 2.24) is 4.90 Å². The molecule has 24 heavy (non-hydrogen) atoms. The zero-order chi connectivity index (χ0) is 17.1. The largest absolute Gasteiger partial charge is 0.468 e. The Hall–Kier alpha value is -2.28. The van der Waals surface area contributed by atoms with Gasteiger partial charge in [-0.25, -0.2) is 4.39 Å². The molecule has 3 rings (SSSR count). The molecule has 126 valence electrons. The van der Waals surface area contributed by atoms with E-state index in [1.54, 1.807) is 29.2 Å². The topological polar surface area (TPSA) is 59.8 Å². The van der Waals surface area contributed by atoms with E-state index >= 15 is 0 Å². The van der Waals surface area contributed by atoms with Gasteiger partial charge in [0.1, 0.15) is 16.8 Å². The lowest BCUT2D eigenvalue weighted by molar-refractivity contribution is -0.140. The summed E-state index contributed by atoms with van der Waals surface area (Å²) < 4.78 is 24.1. The van der Waals surface area contributed by atoms with Gasteiger partial charge in [0.05, 0.1) is 12.7 Å². The van der Waals surface area contributed by atoms with Crippen LogP contribution >= 0.6 is 11.8 Å². The lowest BCUT2D eigenvalue weighted by atomic mass is 10.1. The van der Waals surface area contributed by atoms with Gasteiger partial charge in [-0.3, -0.25) is 9.59 Å². The second-order valence-electron chi connectivity index (χ2n) is 5.28. The summed E-state index contributed by atoms with van der Waals surface area (Å²) in [6.45, 7) is 0.790. The van der Waals surface area contributed by atoms with Crippen molar-refractivity contribution in [1.29, 1.82) is 0 Å². The molecule has 1 atom stereocenters. The van der Waals surface area contributed by atoms with Gasteiger partial charge in [0.15, 0.2) is 5.76 Å². The summed E-state index contributed by atoms with van der Waals surface area (Å²) in [5.74, 6) is 0.00437. The van der Waals surface area contributed by atoms with Crippen LogP contribution in [0.15, 0.2) is 40.8 Å². The molecule has 5 nitrogen and oxygen atoms in total. The molecule has 1 amide bonds. The molecule has 0 N–H and O–H groups in total. The van der Waals surface area contributed by atoms with Crippen molar-refractivity contribution in [2.24, 2.45) is 0 Å². The smallest absolute Gasteiger partial charge is 0.320 e. The number of carbonyl (C=O) groups excluding carboxylic acids is 2. The van der Waals surface area contributed by atoms with Crippen LogP contribution in [0.4, 0.5) is 4.39 Å². The van der Waals surface area contributed by atoms with Crippen molar-refractivity contribution in [2.75, 3.05) is 26.0 Å². The van der Waals surface area contributed by atoms with Gasteiger partial charge in [0.25, 0.3) is 5.91 Å². The molecule has 1 saturated heterocycles. The lowest BCUT2D eigenvalue weighted by Crippen LogP contribution is -2.44. The number of methoxy groups -OCH3 is 1. The van der Waals surface area contributed by atoms with Crippen molar-refractivity contribution >= 4 is 23.6 Å². The summed E-state index contributed by atoms with van der Waals surface area (Å²) in [5.41, 5.74) is 0.304. The van der Waals surface area contributed by atoms with Crippen LogP contribution in [0.3, 0.4) is 0 Å². The molecule has 0 radical (unpaired) electrons. The van der Waals surface area contributed by atoms with Crippen LogP contribution in [0.5, 0.6) is 0 Å². The molecule has 1 fully saturated rings. The average molecular weight is 349 g/mol. The maximum Gasteiger partial charge on any atom is 0.320 e. The molecule has 0 aliphatic carbocycles. The molecule has 0 bridgehead atoms. The van der Waals surface area contributed by atoms with Crippen molar-refractivity contribution in [3.63, 3.8) is 0 Å². The van der Waals surface area contributed by atoms with E-state index < -0.39 is 11.1 Å². The summed E-state index contributed by atoms with van der Waals surface area (Å²) in [6, 6.07) is 9.31. The van der Waals surface area contributed by atoms with E-state index in [9.17, 15) is 14.0 Å². The Morgan fingerprint density at radius 1 is 1.29 bits per heavy atom. The number of amides is 1. The first-order valence-corrected chi connectivity index (χ1v) is 8.48. The highest BCUT2D eigenvalue weighted by atomic mass is 32.2. The minimum Gasteiger partial charge on any atom is -0.468 e. The lowest BCUT2D eigenvalue weighted by Gasteiger charge is -2.30. The van der Waals surface area contributed by atoms with Crippen molar-refractivity contribution in [3.05, 3.63) is 48.0 Å². The summed E-state index contributed by atoms with van der Waals surface area (Å²) in [5, 5.41) is -0.395. The molecule has 1 aliphatic rings. The van der Waals surface area contributed by atoms with Crippen molar-refractivity contribution < 1.29 is 23.1 Å². The third-order valence-corrected chi connectivity index (χ3v) is 4.94. The van der Waals surface area contributed by atoms with Crippen LogP contribution in [-0.4, -0.2) is 48.0 Å². The second-order valence-corrected chi connectivity index (χ2v) is 6.59. The normalized spacial score (nSPS) is 17.6. The molecule has 2 aromatic rings. The number of hydrogen-bond acceptors (Lipinski definition) is 5. The molecule has 1 aromatic heterocycles. The number of benzene rings is 1. The number of rotatable bonds is 3. The van der Waals surface area contributed by atoms with Crippen LogP contribution < -0.4 is 0 Å². The first kappa shape index (κ1) is 16.6. The third-order valence-electron chi connectivity index (χ3n) is 3.77. The zero-order valence-corrected chi connectivity index (χ0v) is 13.8. The molecule has 0 spiro atoms. The maximum atomic E-state index is 13.8. The molecule has 0 saturated carbocycles. The molecule has 1 aliphatic heterocycles. The molecular weight excluding hydrogens is 333 g/mol. The Kier molecular flexibility index (Phi) is 4.89. The average Bonchev–Trinajstić information content (AvgIpc) is 3.10. The van der Waals surface area contributed by atoms with E-state index in [1.807, 2.05) is 0 Å². The Labute approximate surface area is 142 Å². The van der Waals surface area contributed by atoms with Crippen LogP contribution in [0.2, 0.25) is 0 Å². The Morgan fingerprint density at radius 3 is 2.83 bits per heavy atom. The standard InChI is InChI=1S/C17H16FNO4S/c1-22-17(21)15-10-19(8-9-24-15)16(20)14-7-6-13(23-14)11-4-2-3-5-12(11)18/h2-7,15H,8-10H2,1H3/t15-/m0/s1. The van der Waals surface area contributed by atoms with Gasteiger partial charge in [-0.2, -0.15) is 0 Å². The number of carbonyl (C=O) groups is 2. The fourth-order valence-corrected chi connectivity index (χ4v) is 3.65. The molecule has 7 heteroatoms. The highest BCUT2D eigenvalue weighted by molar-refractivity contribution is 8.00. The summed E-state index contributed by atoms with van der Waals surface area (Å²) in [4.78, 5) is 25.8. The summed E-state index contributed by atoms with van der Waals surface area (Å²) in [7, 11) is 1.33. The monoisotopic (exact) mass is 349 g/mol. The van der Waals surface area contributed by atoms with Gasteiger partial charge >= 0.3 is 5.97 Å². The van der Waals surface area contributed by atoms with Crippen LogP contribution in [-0.2, 0) is 9.53 Å². The molecule has 0 unspecified atom stereocenters. The molecular formula is C17H16FNO4S. The number of nitrogens with zero attached hydrogens (tertiary/aromatic N) is 1. The van der Waals surface area contributed by atoms with Crippen LogP contribution in [0, 0.1) is 5.82 Å². The maximum absolute atomic E-state index is 13.8. The fourth-order valence-electron chi connectivity index (χ4n) is 2.52. The van der Waals surface area contributed by atoms with E-state index in [-0.39, 0.29) is 24.2 Å². The highest BCUT2D eigenvalue weighted by Gasteiger charge is 2.31. The minimum absolute atomic E-state index is 0.128. The van der Waals surface area contributed by atoms with Gasteiger partial charge in [0.2, 0.25) is 0 Å².